The first-order valence-corrected chi connectivity index (χ1v) is 25.2. The van der Waals surface area contributed by atoms with Gasteiger partial charge in [-0.15, -0.1) is 0 Å². The van der Waals surface area contributed by atoms with Crippen molar-refractivity contribution in [3.05, 3.63) is 267 Å². The third kappa shape index (κ3) is 7.05. The molecule has 0 N–H and O–H groups in total. The summed E-state index contributed by atoms with van der Waals surface area (Å²) in [6.45, 7) is 0. The Labute approximate surface area is 366 Å². The van der Waals surface area contributed by atoms with E-state index < -0.39 is 16.1 Å². The van der Waals surface area contributed by atoms with Crippen LogP contribution in [0.5, 0.6) is 0 Å². The van der Waals surface area contributed by atoms with Crippen LogP contribution < -0.4 is 41.5 Å². The van der Waals surface area contributed by atoms with Crippen molar-refractivity contribution in [2.45, 2.75) is 0 Å². The molecule has 0 atom stereocenters. The highest BCUT2D eigenvalue weighted by atomic mass is 28.3. The topological polar surface area (TPSA) is 25.8 Å². The van der Waals surface area contributed by atoms with Crippen molar-refractivity contribution in [3.8, 4) is 33.9 Å². The van der Waals surface area contributed by atoms with Gasteiger partial charge in [-0.1, -0.05) is 261 Å². The van der Waals surface area contributed by atoms with Gasteiger partial charge in [0.05, 0.1) is 11.4 Å². The summed E-state index contributed by atoms with van der Waals surface area (Å²) < 4.78 is 0. The highest BCUT2D eigenvalue weighted by molar-refractivity contribution is 7.20. The molecule has 0 saturated carbocycles. The quantitative estimate of drug-likeness (QED) is 0.0972. The van der Waals surface area contributed by atoms with E-state index in [0.717, 1.165) is 28.1 Å². The zero-order chi connectivity index (χ0) is 41.6. The summed E-state index contributed by atoms with van der Waals surface area (Å²) >= 11 is 0. The monoisotopic (exact) mass is 824 g/mol. The van der Waals surface area contributed by atoms with Crippen molar-refractivity contribution in [2.75, 3.05) is 0 Å². The lowest BCUT2D eigenvalue weighted by Gasteiger charge is -2.34. The molecule has 0 amide bonds. The van der Waals surface area contributed by atoms with Crippen LogP contribution in [0.25, 0.3) is 33.9 Å². The molecular formula is C58H44N2Si2. The Morgan fingerprint density at radius 3 is 0.823 bits per heavy atom. The van der Waals surface area contributed by atoms with Gasteiger partial charge in [-0.2, -0.15) is 0 Å². The third-order valence-electron chi connectivity index (χ3n) is 12.2. The van der Waals surface area contributed by atoms with Crippen molar-refractivity contribution in [1.29, 1.82) is 0 Å². The summed E-state index contributed by atoms with van der Waals surface area (Å²) in [6.07, 6.45) is 0. The third-order valence-corrected chi connectivity index (χ3v) is 21.7. The van der Waals surface area contributed by atoms with E-state index >= 15 is 0 Å². The molecule has 10 aromatic rings. The molecule has 1 heterocycles. The number of rotatable bonds is 11. The van der Waals surface area contributed by atoms with Crippen LogP contribution in [0.2, 0.25) is 0 Å². The smallest absolute Gasteiger partial charge is 0.179 e. The van der Waals surface area contributed by atoms with Gasteiger partial charge in [-0.05, 0) is 47.6 Å². The molecule has 294 valence electrons. The Bertz CT molecular complexity index is 2660. The number of benzene rings is 9. The maximum Gasteiger partial charge on any atom is 0.179 e. The van der Waals surface area contributed by atoms with Gasteiger partial charge in [0.25, 0.3) is 0 Å². The van der Waals surface area contributed by atoms with Crippen molar-refractivity contribution in [2.24, 2.45) is 0 Å². The average Bonchev–Trinajstić information content (AvgIpc) is 3.37. The van der Waals surface area contributed by atoms with Crippen LogP contribution in [-0.4, -0.2) is 26.1 Å². The Morgan fingerprint density at radius 1 is 0.210 bits per heavy atom. The zero-order valence-electron chi connectivity index (χ0n) is 34.3. The van der Waals surface area contributed by atoms with Crippen LogP contribution in [0.4, 0.5) is 0 Å². The van der Waals surface area contributed by atoms with E-state index in [2.05, 4.69) is 267 Å². The lowest BCUT2D eigenvalue weighted by atomic mass is 10.1. The second-order valence-corrected chi connectivity index (χ2v) is 23.3. The minimum Gasteiger partial charge on any atom is -0.228 e. The molecule has 0 bridgehead atoms. The second kappa shape index (κ2) is 17.2. The van der Waals surface area contributed by atoms with E-state index in [1.807, 2.05) is 0 Å². The summed E-state index contributed by atoms with van der Waals surface area (Å²) in [5.41, 5.74) is 4.86. The van der Waals surface area contributed by atoms with E-state index in [0.29, 0.717) is 5.82 Å². The molecule has 0 aliphatic carbocycles. The van der Waals surface area contributed by atoms with Gasteiger partial charge in [0.1, 0.15) is 0 Å². The fraction of sp³-hybridized carbons (Fsp3) is 0. The summed E-state index contributed by atoms with van der Waals surface area (Å²) in [4.78, 5) is 10.9. The first-order valence-electron chi connectivity index (χ1n) is 21.2. The molecule has 0 fully saturated rings. The van der Waals surface area contributed by atoms with E-state index in [-0.39, 0.29) is 0 Å². The molecule has 2 nitrogen and oxygen atoms in total. The number of hydrogen-bond donors (Lipinski definition) is 0. The van der Waals surface area contributed by atoms with Crippen LogP contribution in [-0.2, 0) is 0 Å². The van der Waals surface area contributed by atoms with Gasteiger partial charge < -0.3 is 0 Å². The summed E-state index contributed by atoms with van der Waals surface area (Å²) in [7, 11) is -5.58. The van der Waals surface area contributed by atoms with Crippen LogP contribution >= 0.6 is 0 Å². The molecule has 1 aromatic heterocycles. The minimum absolute atomic E-state index is 0.698. The first kappa shape index (κ1) is 38.7. The Morgan fingerprint density at radius 2 is 0.468 bits per heavy atom. The number of hydrogen-bond acceptors (Lipinski definition) is 2. The molecule has 10 rings (SSSR count). The first-order chi connectivity index (χ1) is 30.7. The van der Waals surface area contributed by atoms with Crippen molar-refractivity contribution in [1.82, 2.24) is 9.97 Å². The molecule has 62 heavy (non-hydrogen) atoms. The zero-order valence-corrected chi connectivity index (χ0v) is 36.3. The van der Waals surface area contributed by atoms with Gasteiger partial charge >= 0.3 is 0 Å². The predicted octanol–water partition coefficient (Wildman–Crippen LogP) is 8.23. The van der Waals surface area contributed by atoms with Crippen molar-refractivity contribution < 1.29 is 0 Å². The SMILES string of the molecule is c1ccc(-c2cc(-c3cccc([Si](c4ccccc4)(c4ccccc4)c4ccccc4)c3)nc(-c3cccc([Si](c4ccccc4)(c4ccccc4)c4ccccc4)c3)n2)cc1. The summed E-state index contributed by atoms with van der Waals surface area (Å²) in [6, 6.07) is 97.3. The lowest BCUT2D eigenvalue weighted by molar-refractivity contribution is 1.18. The van der Waals surface area contributed by atoms with Gasteiger partial charge in [-0.25, -0.2) is 9.97 Å². The van der Waals surface area contributed by atoms with E-state index in [1.165, 1.54) is 41.5 Å². The molecule has 9 aromatic carbocycles. The molecule has 0 aliphatic rings. The minimum atomic E-state index is -2.80. The van der Waals surface area contributed by atoms with E-state index in [1.54, 1.807) is 0 Å². The van der Waals surface area contributed by atoms with Gasteiger partial charge in [0.15, 0.2) is 22.0 Å². The lowest BCUT2D eigenvalue weighted by Crippen LogP contribution is -2.74. The van der Waals surface area contributed by atoms with Gasteiger partial charge in [-0.3, -0.25) is 0 Å². The van der Waals surface area contributed by atoms with Crippen LogP contribution in [0.1, 0.15) is 0 Å². The highest BCUT2D eigenvalue weighted by Crippen LogP contribution is 2.28. The molecule has 0 saturated heterocycles. The number of aromatic nitrogens is 2. The van der Waals surface area contributed by atoms with E-state index in [4.69, 9.17) is 9.97 Å². The normalized spacial score (nSPS) is 11.5. The molecule has 0 radical (unpaired) electrons. The summed E-state index contributed by atoms with van der Waals surface area (Å²) in [5, 5.41) is 10.6. The predicted molar refractivity (Wildman–Crippen MR) is 266 cm³/mol. The van der Waals surface area contributed by atoms with Crippen LogP contribution in [0, 0.1) is 0 Å². The van der Waals surface area contributed by atoms with Crippen LogP contribution in [0.15, 0.2) is 267 Å². The van der Waals surface area contributed by atoms with Gasteiger partial charge in [0.2, 0.25) is 0 Å². The maximum atomic E-state index is 5.50. The number of nitrogens with zero attached hydrogens (tertiary/aromatic N) is 2. The summed E-state index contributed by atoms with van der Waals surface area (Å²) in [5.74, 6) is 0.698. The van der Waals surface area contributed by atoms with Crippen molar-refractivity contribution >= 4 is 57.6 Å². The second-order valence-electron chi connectivity index (χ2n) is 15.7. The standard InChI is InChI=1S/C58H44N2Si2/c1-8-24-45(25-9-1)56-44-57(46-26-22-40-54(42-46)61(48-28-10-2-11-29-48,49-30-12-3-13-31-49)50-32-14-4-15-33-50)60-58(59-56)47-27-23-41-55(43-47)62(51-34-16-5-17-35-51,52-36-18-6-19-37-52)53-38-20-7-21-39-53/h1-44H. The average molecular weight is 825 g/mol. The van der Waals surface area contributed by atoms with Crippen LogP contribution in [0.3, 0.4) is 0 Å². The molecule has 0 unspecified atom stereocenters. The maximum absolute atomic E-state index is 5.50. The Hall–Kier alpha value is -7.51. The fourth-order valence-electron chi connectivity index (χ4n) is 9.41. The molecule has 0 spiro atoms. The highest BCUT2D eigenvalue weighted by Gasteiger charge is 2.43. The van der Waals surface area contributed by atoms with E-state index in [9.17, 15) is 0 Å². The molecular weight excluding hydrogens is 781 g/mol. The van der Waals surface area contributed by atoms with Crippen molar-refractivity contribution in [3.63, 3.8) is 0 Å². The van der Waals surface area contributed by atoms with Gasteiger partial charge in [0, 0.05) is 16.7 Å². The molecule has 4 heteroatoms. The molecule has 0 aliphatic heterocycles. The largest absolute Gasteiger partial charge is 0.228 e. The Kier molecular flexibility index (Phi) is 10.7. The fourth-order valence-corrected chi connectivity index (χ4v) is 19.0. The Balaban J connectivity index is 1.20.